The molecule has 4 nitrogen and oxygen atoms in total. The standard InChI is InChI=1S/C16H22O4/c1-11-14(20-16(18)12(2)15(11)17)8-9-19-10-13-6-4-3-5-7-13/h3-7,11-12,14-15,17H,8-10H2,1-2H3/t11-,12+,14-,15-/m0/s1. The molecule has 0 bridgehead atoms. The maximum atomic E-state index is 11.6. The second-order valence-electron chi connectivity index (χ2n) is 5.44. The van der Waals surface area contributed by atoms with Crippen LogP contribution in [0.3, 0.4) is 0 Å². The van der Waals surface area contributed by atoms with Crippen LogP contribution in [0.1, 0.15) is 25.8 Å². The van der Waals surface area contributed by atoms with Crippen molar-refractivity contribution in [2.45, 2.75) is 39.1 Å². The topological polar surface area (TPSA) is 55.8 Å². The fourth-order valence-corrected chi connectivity index (χ4v) is 2.46. The summed E-state index contributed by atoms with van der Waals surface area (Å²) >= 11 is 0. The number of carbonyl (C=O) groups is 1. The van der Waals surface area contributed by atoms with E-state index in [2.05, 4.69) is 0 Å². The van der Waals surface area contributed by atoms with Crippen molar-refractivity contribution in [1.82, 2.24) is 0 Å². The number of hydrogen-bond acceptors (Lipinski definition) is 4. The summed E-state index contributed by atoms with van der Waals surface area (Å²) in [6.07, 6.45) is -0.274. The third-order valence-electron chi connectivity index (χ3n) is 3.93. The van der Waals surface area contributed by atoms with Gasteiger partial charge in [0.05, 0.1) is 25.2 Å². The molecule has 1 N–H and O–H groups in total. The normalized spacial score (nSPS) is 30.1. The van der Waals surface area contributed by atoms with Gasteiger partial charge in [-0.2, -0.15) is 0 Å². The molecule has 0 aromatic heterocycles. The Labute approximate surface area is 119 Å². The lowest BCUT2D eigenvalue weighted by Crippen LogP contribution is -2.46. The van der Waals surface area contributed by atoms with E-state index >= 15 is 0 Å². The van der Waals surface area contributed by atoms with Crippen LogP contribution in [0.5, 0.6) is 0 Å². The third-order valence-corrected chi connectivity index (χ3v) is 3.93. The van der Waals surface area contributed by atoms with Crippen LogP contribution in [0.25, 0.3) is 0 Å². The first-order chi connectivity index (χ1) is 9.59. The van der Waals surface area contributed by atoms with Gasteiger partial charge in [0, 0.05) is 12.3 Å². The number of rotatable bonds is 5. The fourth-order valence-electron chi connectivity index (χ4n) is 2.46. The molecule has 0 amide bonds. The largest absolute Gasteiger partial charge is 0.462 e. The van der Waals surface area contributed by atoms with Crippen LogP contribution in [-0.2, 0) is 20.9 Å². The molecule has 0 aliphatic carbocycles. The highest BCUT2D eigenvalue weighted by atomic mass is 16.6. The zero-order chi connectivity index (χ0) is 14.5. The molecule has 4 atom stereocenters. The van der Waals surface area contributed by atoms with Crippen LogP contribution >= 0.6 is 0 Å². The van der Waals surface area contributed by atoms with Crippen molar-refractivity contribution in [3.8, 4) is 0 Å². The van der Waals surface area contributed by atoms with Gasteiger partial charge in [-0.05, 0) is 12.5 Å². The smallest absolute Gasteiger partial charge is 0.311 e. The van der Waals surface area contributed by atoms with Crippen molar-refractivity contribution in [3.05, 3.63) is 35.9 Å². The average Bonchev–Trinajstić information content (AvgIpc) is 2.47. The van der Waals surface area contributed by atoms with Gasteiger partial charge in [0.1, 0.15) is 6.10 Å². The zero-order valence-electron chi connectivity index (χ0n) is 12.0. The Morgan fingerprint density at radius 2 is 1.95 bits per heavy atom. The summed E-state index contributed by atoms with van der Waals surface area (Å²) in [6.45, 7) is 4.67. The quantitative estimate of drug-likeness (QED) is 0.662. The lowest BCUT2D eigenvalue weighted by atomic mass is 9.85. The second-order valence-corrected chi connectivity index (χ2v) is 5.44. The number of carbonyl (C=O) groups excluding carboxylic acids is 1. The van der Waals surface area contributed by atoms with E-state index in [4.69, 9.17) is 9.47 Å². The van der Waals surface area contributed by atoms with Gasteiger partial charge in [-0.3, -0.25) is 4.79 Å². The monoisotopic (exact) mass is 278 g/mol. The molecule has 0 unspecified atom stereocenters. The molecular formula is C16H22O4. The van der Waals surface area contributed by atoms with Gasteiger partial charge in [0.15, 0.2) is 0 Å². The molecule has 20 heavy (non-hydrogen) atoms. The van der Waals surface area contributed by atoms with Crippen molar-refractivity contribution in [2.24, 2.45) is 11.8 Å². The number of hydrogen-bond donors (Lipinski definition) is 1. The van der Waals surface area contributed by atoms with Crippen LogP contribution in [-0.4, -0.2) is 29.9 Å². The van der Waals surface area contributed by atoms with E-state index in [-0.39, 0.29) is 18.0 Å². The van der Waals surface area contributed by atoms with Gasteiger partial charge >= 0.3 is 5.97 Å². The van der Waals surface area contributed by atoms with Crippen molar-refractivity contribution >= 4 is 5.97 Å². The molecule has 1 aliphatic rings. The van der Waals surface area contributed by atoms with Crippen molar-refractivity contribution in [3.63, 3.8) is 0 Å². The van der Waals surface area contributed by atoms with Crippen molar-refractivity contribution < 1.29 is 19.4 Å². The Morgan fingerprint density at radius 1 is 1.25 bits per heavy atom. The van der Waals surface area contributed by atoms with Gasteiger partial charge in [0.25, 0.3) is 0 Å². The van der Waals surface area contributed by atoms with Crippen LogP contribution in [0.15, 0.2) is 30.3 Å². The highest BCUT2D eigenvalue weighted by Gasteiger charge is 2.39. The van der Waals surface area contributed by atoms with Crippen LogP contribution in [0.2, 0.25) is 0 Å². The Balaban J connectivity index is 1.75. The Kier molecular flexibility index (Phi) is 5.15. The van der Waals surface area contributed by atoms with Crippen LogP contribution in [0, 0.1) is 11.8 Å². The summed E-state index contributed by atoms with van der Waals surface area (Å²) in [5.74, 6) is -0.807. The SMILES string of the molecule is C[C@@H]1[C@H](O)[C@@H](C)C(=O)O[C@H]1CCOCc1ccccc1. The lowest BCUT2D eigenvalue weighted by Gasteiger charge is -2.36. The molecular weight excluding hydrogens is 256 g/mol. The Hall–Kier alpha value is -1.39. The van der Waals surface area contributed by atoms with Gasteiger partial charge < -0.3 is 14.6 Å². The van der Waals surface area contributed by atoms with Gasteiger partial charge in [-0.25, -0.2) is 0 Å². The molecule has 0 spiro atoms. The number of aliphatic hydroxyl groups is 1. The zero-order valence-corrected chi connectivity index (χ0v) is 12.0. The summed E-state index contributed by atoms with van der Waals surface area (Å²) in [7, 11) is 0. The van der Waals surface area contributed by atoms with Crippen LogP contribution in [0.4, 0.5) is 0 Å². The molecule has 1 aliphatic heterocycles. The first-order valence-electron chi connectivity index (χ1n) is 7.10. The summed E-state index contributed by atoms with van der Waals surface area (Å²) in [5.41, 5.74) is 1.12. The first kappa shape index (κ1) is 15.0. The molecule has 1 heterocycles. The summed E-state index contributed by atoms with van der Waals surface area (Å²) in [6, 6.07) is 9.93. The van der Waals surface area contributed by atoms with E-state index < -0.39 is 12.0 Å². The van der Waals surface area contributed by atoms with Crippen molar-refractivity contribution in [2.75, 3.05) is 6.61 Å². The minimum Gasteiger partial charge on any atom is -0.462 e. The Bertz CT molecular complexity index is 431. The molecule has 0 saturated carbocycles. The van der Waals surface area contributed by atoms with E-state index in [1.54, 1.807) is 6.92 Å². The predicted molar refractivity (Wildman–Crippen MR) is 74.9 cm³/mol. The van der Waals surface area contributed by atoms with E-state index in [0.717, 1.165) is 5.56 Å². The first-order valence-corrected chi connectivity index (χ1v) is 7.10. The number of benzene rings is 1. The van der Waals surface area contributed by atoms with Gasteiger partial charge in [-0.1, -0.05) is 37.3 Å². The molecule has 110 valence electrons. The summed E-state index contributed by atoms with van der Waals surface area (Å²) < 4.78 is 10.9. The van der Waals surface area contributed by atoms with Gasteiger partial charge in [-0.15, -0.1) is 0 Å². The number of aliphatic hydroxyl groups excluding tert-OH is 1. The number of esters is 1. The fraction of sp³-hybridized carbons (Fsp3) is 0.562. The minimum absolute atomic E-state index is 0.0528. The van der Waals surface area contributed by atoms with E-state index in [9.17, 15) is 9.90 Å². The number of cyclic esters (lactones) is 1. The van der Waals surface area contributed by atoms with Crippen LogP contribution < -0.4 is 0 Å². The summed E-state index contributed by atoms with van der Waals surface area (Å²) in [5, 5.41) is 9.98. The average molecular weight is 278 g/mol. The third kappa shape index (κ3) is 3.58. The highest BCUT2D eigenvalue weighted by molar-refractivity contribution is 5.73. The van der Waals surface area contributed by atoms with Gasteiger partial charge in [0.2, 0.25) is 0 Å². The maximum absolute atomic E-state index is 11.6. The molecule has 1 saturated heterocycles. The minimum atomic E-state index is -0.629. The molecule has 1 fully saturated rings. The summed E-state index contributed by atoms with van der Waals surface area (Å²) in [4.78, 5) is 11.6. The molecule has 4 heteroatoms. The predicted octanol–water partition coefficient (Wildman–Crippen LogP) is 2.15. The lowest BCUT2D eigenvalue weighted by molar-refractivity contribution is -0.178. The van der Waals surface area contributed by atoms with E-state index in [0.29, 0.717) is 19.6 Å². The molecule has 2 rings (SSSR count). The molecule has 1 aromatic carbocycles. The highest BCUT2D eigenvalue weighted by Crippen LogP contribution is 2.28. The van der Waals surface area contributed by atoms with E-state index in [1.165, 1.54) is 0 Å². The number of ether oxygens (including phenoxy) is 2. The van der Waals surface area contributed by atoms with E-state index in [1.807, 2.05) is 37.3 Å². The Morgan fingerprint density at radius 3 is 2.65 bits per heavy atom. The maximum Gasteiger partial charge on any atom is 0.311 e. The molecule has 1 aromatic rings. The second kappa shape index (κ2) is 6.86. The molecule has 0 radical (unpaired) electrons. The van der Waals surface area contributed by atoms with Crippen molar-refractivity contribution in [1.29, 1.82) is 0 Å².